The summed E-state index contributed by atoms with van der Waals surface area (Å²) in [4.78, 5) is 0.217. The number of hydrogen-bond acceptors (Lipinski definition) is 3. The van der Waals surface area contributed by atoms with E-state index in [1.165, 1.54) is 0 Å². The minimum absolute atomic E-state index is 0.0716. The molecule has 2 N–H and O–H groups in total. The Hall–Kier alpha value is 0.0500. The zero-order valence-electron chi connectivity index (χ0n) is 10.6. The Morgan fingerprint density at radius 2 is 2.05 bits per heavy atom. The topological polar surface area (TPSA) is 66.4 Å². The van der Waals surface area contributed by atoms with Crippen molar-refractivity contribution in [3.63, 3.8) is 0 Å². The highest BCUT2D eigenvalue weighted by molar-refractivity contribution is 9.11. The van der Waals surface area contributed by atoms with Crippen LogP contribution in [0.2, 0.25) is 0 Å². The summed E-state index contributed by atoms with van der Waals surface area (Å²) in [6, 6.07) is 4.92. The van der Waals surface area contributed by atoms with Gasteiger partial charge in [-0.2, -0.15) is 0 Å². The number of rotatable bonds is 7. The Morgan fingerprint density at radius 1 is 1.37 bits per heavy atom. The number of hydrogen-bond donors (Lipinski definition) is 2. The highest BCUT2D eigenvalue weighted by atomic mass is 79.9. The SMILES string of the molecule is CCC(CCO)CNS(=O)(=O)c1ccc(Br)cc1Br. The minimum atomic E-state index is -3.53. The molecule has 0 amide bonds. The molecule has 0 saturated heterocycles. The normalized spacial score (nSPS) is 13.5. The van der Waals surface area contributed by atoms with Crippen LogP contribution in [-0.2, 0) is 10.0 Å². The van der Waals surface area contributed by atoms with Crippen LogP contribution in [0.15, 0.2) is 32.0 Å². The fourth-order valence-electron chi connectivity index (χ4n) is 1.63. The van der Waals surface area contributed by atoms with Crippen molar-refractivity contribution in [2.45, 2.75) is 24.7 Å². The van der Waals surface area contributed by atoms with Crippen LogP contribution in [0.3, 0.4) is 0 Å². The van der Waals surface area contributed by atoms with Crippen LogP contribution in [0, 0.1) is 5.92 Å². The first kappa shape index (κ1) is 17.1. The van der Waals surface area contributed by atoms with E-state index in [-0.39, 0.29) is 17.4 Å². The highest BCUT2D eigenvalue weighted by Gasteiger charge is 2.19. The van der Waals surface area contributed by atoms with E-state index < -0.39 is 10.0 Å². The summed E-state index contributed by atoms with van der Waals surface area (Å²) in [5.74, 6) is 0.147. The van der Waals surface area contributed by atoms with E-state index >= 15 is 0 Å². The Balaban J connectivity index is 2.81. The van der Waals surface area contributed by atoms with Crippen molar-refractivity contribution < 1.29 is 13.5 Å². The number of sulfonamides is 1. The van der Waals surface area contributed by atoms with Crippen molar-refractivity contribution in [1.82, 2.24) is 4.72 Å². The van der Waals surface area contributed by atoms with Gasteiger partial charge in [-0.3, -0.25) is 0 Å². The zero-order valence-corrected chi connectivity index (χ0v) is 14.6. The van der Waals surface area contributed by atoms with E-state index in [4.69, 9.17) is 5.11 Å². The molecule has 0 aliphatic heterocycles. The molecular weight excluding hydrogens is 398 g/mol. The number of nitrogens with one attached hydrogen (secondary N) is 1. The van der Waals surface area contributed by atoms with Crippen LogP contribution in [0.5, 0.6) is 0 Å². The first-order valence-electron chi connectivity index (χ1n) is 5.96. The first-order chi connectivity index (χ1) is 8.90. The molecule has 1 aromatic rings. The number of aliphatic hydroxyl groups excluding tert-OH is 1. The van der Waals surface area contributed by atoms with E-state index in [1.807, 2.05) is 6.92 Å². The highest BCUT2D eigenvalue weighted by Crippen LogP contribution is 2.25. The third kappa shape index (κ3) is 5.15. The monoisotopic (exact) mass is 413 g/mol. The van der Waals surface area contributed by atoms with Gasteiger partial charge in [0, 0.05) is 22.1 Å². The summed E-state index contributed by atoms with van der Waals surface area (Å²) in [6.07, 6.45) is 1.42. The minimum Gasteiger partial charge on any atom is -0.396 e. The smallest absolute Gasteiger partial charge is 0.241 e. The van der Waals surface area contributed by atoms with Gasteiger partial charge in [-0.1, -0.05) is 29.3 Å². The molecule has 0 aromatic heterocycles. The first-order valence-corrected chi connectivity index (χ1v) is 9.03. The molecular formula is C12H17Br2NO3S. The maximum absolute atomic E-state index is 12.2. The van der Waals surface area contributed by atoms with E-state index in [9.17, 15) is 8.42 Å². The molecule has 0 spiro atoms. The molecule has 0 saturated carbocycles. The molecule has 0 aliphatic carbocycles. The molecule has 7 heteroatoms. The largest absolute Gasteiger partial charge is 0.396 e. The molecule has 1 aromatic carbocycles. The average molecular weight is 415 g/mol. The maximum atomic E-state index is 12.2. The van der Waals surface area contributed by atoms with E-state index in [2.05, 4.69) is 36.6 Å². The van der Waals surface area contributed by atoms with Crippen molar-refractivity contribution >= 4 is 41.9 Å². The zero-order chi connectivity index (χ0) is 14.5. The molecule has 1 atom stereocenters. The number of aliphatic hydroxyl groups is 1. The lowest BCUT2D eigenvalue weighted by molar-refractivity contribution is 0.254. The van der Waals surface area contributed by atoms with Crippen molar-refractivity contribution in [2.24, 2.45) is 5.92 Å². The van der Waals surface area contributed by atoms with Gasteiger partial charge in [0.1, 0.15) is 0 Å². The third-order valence-electron chi connectivity index (χ3n) is 2.86. The van der Waals surface area contributed by atoms with Gasteiger partial charge < -0.3 is 5.11 Å². The molecule has 4 nitrogen and oxygen atoms in total. The molecule has 1 rings (SSSR count). The fourth-order valence-corrected chi connectivity index (χ4v) is 4.49. The Labute approximate surface area is 130 Å². The van der Waals surface area contributed by atoms with Crippen molar-refractivity contribution in [3.05, 3.63) is 27.1 Å². The van der Waals surface area contributed by atoms with Crippen molar-refractivity contribution in [2.75, 3.05) is 13.2 Å². The van der Waals surface area contributed by atoms with Gasteiger partial charge in [0.25, 0.3) is 0 Å². The van der Waals surface area contributed by atoms with Crippen LogP contribution in [-0.4, -0.2) is 26.7 Å². The fraction of sp³-hybridized carbons (Fsp3) is 0.500. The van der Waals surface area contributed by atoms with Gasteiger partial charge >= 0.3 is 0 Å². The summed E-state index contributed by atoms with van der Waals surface area (Å²) >= 11 is 6.53. The van der Waals surface area contributed by atoms with Crippen molar-refractivity contribution in [3.8, 4) is 0 Å². The van der Waals surface area contributed by atoms with Gasteiger partial charge in [-0.05, 0) is 46.5 Å². The molecule has 0 radical (unpaired) electrons. The lowest BCUT2D eigenvalue weighted by Gasteiger charge is -2.15. The van der Waals surface area contributed by atoms with Crippen molar-refractivity contribution in [1.29, 1.82) is 0 Å². The number of benzene rings is 1. The Morgan fingerprint density at radius 3 is 2.58 bits per heavy atom. The molecule has 19 heavy (non-hydrogen) atoms. The summed E-state index contributed by atoms with van der Waals surface area (Å²) in [5.41, 5.74) is 0. The predicted molar refractivity (Wildman–Crippen MR) is 82.5 cm³/mol. The second-order valence-electron chi connectivity index (χ2n) is 4.21. The van der Waals surface area contributed by atoms with Gasteiger partial charge in [-0.15, -0.1) is 0 Å². The molecule has 108 valence electrons. The summed E-state index contributed by atoms with van der Waals surface area (Å²) < 4.78 is 28.3. The van der Waals surface area contributed by atoms with E-state index in [1.54, 1.807) is 18.2 Å². The Bertz CT molecular complexity index is 520. The van der Waals surface area contributed by atoms with Crippen LogP contribution < -0.4 is 4.72 Å². The van der Waals surface area contributed by atoms with Crippen LogP contribution in [0.1, 0.15) is 19.8 Å². The standard InChI is InChI=1S/C12H17Br2NO3S/c1-2-9(5-6-16)8-15-19(17,18)12-4-3-10(13)7-11(12)14/h3-4,7,9,15-16H,2,5-6,8H2,1H3. The van der Waals surface area contributed by atoms with Gasteiger partial charge in [0.05, 0.1) is 4.90 Å². The maximum Gasteiger partial charge on any atom is 0.241 e. The third-order valence-corrected chi connectivity index (χ3v) is 5.75. The molecule has 0 fully saturated rings. The second kappa shape index (κ2) is 7.73. The van der Waals surface area contributed by atoms with E-state index in [0.717, 1.165) is 10.9 Å². The molecule has 0 heterocycles. The molecule has 0 aliphatic rings. The summed E-state index contributed by atoms with van der Waals surface area (Å²) in [6.45, 7) is 2.38. The summed E-state index contributed by atoms with van der Waals surface area (Å²) in [5, 5.41) is 8.90. The number of halogens is 2. The molecule has 0 bridgehead atoms. The van der Waals surface area contributed by atoms with Gasteiger partial charge in [0.15, 0.2) is 0 Å². The second-order valence-corrected chi connectivity index (χ2v) is 7.72. The average Bonchev–Trinajstić information content (AvgIpc) is 2.34. The predicted octanol–water partition coefficient (Wildman–Crippen LogP) is 2.90. The quantitative estimate of drug-likeness (QED) is 0.720. The lowest BCUT2D eigenvalue weighted by atomic mass is 10.0. The van der Waals surface area contributed by atoms with Crippen LogP contribution >= 0.6 is 31.9 Å². The summed E-state index contributed by atoms with van der Waals surface area (Å²) in [7, 11) is -3.53. The van der Waals surface area contributed by atoms with Crippen LogP contribution in [0.25, 0.3) is 0 Å². The van der Waals surface area contributed by atoms with E-state index in [0.29, 0.717) is 17.4 Å². The van der Waals surface area contributed by atoms with Crippen LogP contribution in [0.4, 0.5) is 0 Å². The van der Waals surface area contributed by atoms with Gasteiger partial charge in [-0.25, -0.2) is 13.1 Å². The van der Waals surface area contributed by atoms with Gasteiger partial charge in [0.2, 0.25) is 10.0 Å². The lowest BCUT2D eigenvalue weighted by Crippen LogP contribution is -2.30. The Kier molecular flexibility index (Phi) is 6.96. The molecule has 1 unspecified atom stereocenters.